The van der Waals surface area contributed by atoms with Gasteiger partial charge in [0.15, 0.2) is 0 Å². The van der Waals surface area contributed by atoms with Crippen LogP contribution in [-0.2, 0) is 20.3 Å². The maximum atomic E-state index is 13.3. The van der Waals surface area contributed by atoms with Gasteiger partial charge in [0.2, 0.25) is 0 Å². The van der Waals surface area contributed by atoms with E-state index in [1.807, 2.05) is 30.3 Å². The molecule has 0 aromatic heterocycles. The monoisotopic (exact) mass is 422 g/mol. The molecule has 3 aliphatic rings. The third-order valence-corrected chi connectivity index (χ3v) is 12.0. The molecule has 1 atom stereocenters. The molecule has 3 aliphatic carbocycles. The Morgan fingerprint density at radius 2 is 1.69 bits per heavy atom. The van der Waals surface area contributed by atoms with Gasteiger partial charge in [0, 0.05) is 0 Å². The molecule has 2 aromatic carbocycles. The molecule has 2 nitrogen and oxygen atoms in total. The number of carbonyl (C=O) groups is 1. The first kappa shape index (κ1) is 19.3. The van der Waals surface area contributed by atoms with E-state index in [1.54, 1.807) is 22.3 Å². The van der Waals surface area contributed by atoms with Crippen molar-refractivity contribution in [2.24, 2.45) is 0 Å². The Balaban J connectivity index is 1.42. The number of benzene rings is 2. The van der Waals surface area contributed by atoms with Crippen LogP contribution in [0.1, 0.15) is 61.7 Å². The van der Waals surface area contributed by atoms with Crippen molar-refractivity contribution in [1.82, 2.24) is 0 Å². The molecular weight excluding hydrogens is 392 g/mol. The first-order valence-corrected chi connectivity index (χ1v) is 15.8. The fourth-order valence-corrected chi connectivity index (χ4v) is 10.2. The van der Waals surface area contributed by atoms with E-state index in [-0.39, 0.29) is 5.97 Å². The summed E-state index contributed by atoms with van der Waals surface area (Å²) >= 11 is -2.82. The van der Waals surface area contributed by atoms with Gasteiger partial charge in [0.1, 0.15) is 0 Å². The second kappa shape index (κ2) is 7.56. The number of carbonyl (C=O) groups excluding carboxylic acids is 1. The van der Waals surface area contributed by atoms with Gasteiger partial charge in [-0.1, -0.05) is 0 Å². The van der Waals surface area contributed by atoms with Gasteiger partial charge < -0.3 is 0 Å². The van der Waals surface area contributed by atoms with Crippen molar-refractivity contribution >= 4 is 16.7 Å². The summed E-state index contributed by atoms with van der Waals surface area (Å²) in [6.07, 6.45) is 10.2. The second-order valence-corrected chi connectivity index (χ2v) is 15.8. The molecule has 0 bridgehead atoms. The molecule has 0 amide bonds. The van der Waals surface area contributed by atoms with Crippen molar-refractivity contribution in [1.29, 1.82) is 0 Å². The van der Waals surface area contributed by atoms with E-state index in [0.717, 1.165) is 16.3 Å². The summed E-state index contributed by atoms with van der Waals surface area (Å²) in [5.74, 6) is -0.116. The van der Waals surface area contributed by atoms with Gasteiger partial charge in [-0.3, -0.25) is 0 Å². The van der Waals surface area contributed by atoms with Crippen LogP contribution < -0.4 is 0 Å². The van der Waals surface area contributed by atoms with Crippen LogP contribution in [0.25, 0.3) is 10.8 Å². The normalized spacial score (nSPS) is 21.9. The molecule has 0 fully saturated rings. The van der Waals surface area contributed by atoms with Crippen LogP contribution in [0.15, 0.2) is 64.8 Å². The molecular formula is C26H30O2Ti. The van der Waals surface area contributed by atoms with Crippen LogP contribution in [0.4, 0.5) is 0 Å². The number of hydrogen-bond donors (Lipinski definition) is 0. The molecule has 5 rings (SSSR count). The van der Waals surface area contributed by atoms with Crippen LogP contribution >= 0.6 is 0 Å². The Kier molecular flexibility index (Phi) is 5.04. The minimum absolute atomic E-state index is 0.116. The standard InChI is InChI=1S/C13H17.C11H8O2.2CH3.Ti/c1-3-7-12-10(5-1)9-11-6-2-4-8-13(11)12;12-11(13)10-7-3-5-8-4-1-2-6-9(8)10;;;/h5H,1-4,6-9H2;1-7H,(H,12,13);2*1H3;/q;;;;+1/p-1. The quantitative estimate of drug-likeness (QED) is 0.474. The first-order valence-electron chi connectivity index (χ1n) is 11.2. The van der Waals surface area contributed by atoms with Gasteiger partial charge in [0.05, 0.1) is 0 Å². The third kappa shape index (κ3) is 3.45. The summed E-state index contributed by atoms with van der Waals surface area (Å²) in [5, 5.41) is 6.71. The summed E-state index contributed by atoms with van der Waals surface area (Å²) in [6, 6.07) is 14.1. The van der Waals surface area contributed by atoms with Crippen LogP contribution in [-0.4, -0.2) is 5.97 Å². The molecule has 2 aromatic rings. The molecule has 0 N–H and O–H groups in total. The van der Waals surface area contributed by atoms with E-state index in [4.69, 9.17) is 3.32 Å². The Morgan fingerprint density at radius 1 is 0.931 bits per heavy atom. The van der Waals surface area contributed by atoms with Gasteiger partial charge in [0.25, 0.3) is 0 Å². The minimum atomic E-state index is -2.82. The van der Waals surface area contributed by atoms with Gasteiger partial charge in [-0.2, -0.15) is 0 Å². The molecule has 0 aliphatic heterocycles. The Labute approximate surface area is 177 Å². The average Bonchev–Trinajstić information content (AvgIpc) is 3.11. The van der Waals surface area contributed by atoms with Gasteiger partial charge in [-0.25, -0.2) is 0 Å². The Morgan fingerprint density at radius 3 is 2.59 bits per heavy atom. The predicted octanol–water partition coefficient (Wildman–Crippen LogP) is 7.71. The Bertz CT molecular complexity index is 1040. The molecule has 0 radical (unpaired) electrons. The first-order chi connectivity index (χ1) is 14.0. The molecule has 29 heavy (non-hydrogen) atoms. The Hall–Kier alpha value is -1.64. The van der Waals surface area contributed by atoms with Crippen LogP contribution in [0.2, 0.25) is 14.7 Å². The van der Waals surface area contributed by atoms with Crippen LogP contribution in [0.5, 0.6) is 0 Å². The summed E-state index contributed by atoms with van der Waals surface area (Å²) in [7, 11) is 0. The molecule has 0 heterocycles. The van der Waals surface area contributed by atoms with Gasteiger partial charge in [-0.05, 0) is 0 Å². The zero-order valence-electron chi connectivity index (χ0n) is 17.6. The molecule has 3 heteroatoms. The van der Waals surface area contributed by atoms with E-state index < -0.39 is 17.0 Å². The van der Waals surface area contributed by atoms with Crippen molar-refractivity contribution in [2.75, 3.05) is 0 Å². The van der Waals surface area contributed by atoms with Crippen molar-refractivity contribution in [3.8, 4) is 0 Å². The average molecular weight is 422 g/mol. The molecule has 0 spiro atoms. The number of rotatable bonds is 3. The van der Waals surface area contributed by atoms with E-state index >= 15 is 0 Å². The topological polar surface area (TPSA) is 26.3 Å². The summed E-state index contributed by atoms with van der Waals surface area (Å²) in [6.45, 7) is 0. The van der Waals surface area contributed by atoms with E-state index in [1.165, 1.54) is 51.4 Å². The SMILES string of the molecule is [CH3][Ti]([CH3])([O]C(=O)c1cccc2ccccc12)[CH]1CCCC2=C1CC1=C2CCCC1. The van der Waals surface area contributed by atoms with Gasteiger partial charge in [-0.15, -0.1) is 0 Å². The predicted molar refractivity (Wildman–Crippen MR) is 116 cm³/mol. The maximum absolute atomic E-state index is 13.3. The number of fused-ring (bicyclic) bond motifs is 2. The van der Waals surface area contributed by atoms with E-state index in [2.05, 4.69) is 22.6 Å². The molecule has 1 unspecified atom stereocenters. The third-order valence-electron chi connectivity index (χ3n) is 7.28. The van der Waals surface area contributed by atoms with Crippen molar-refractivity contribution < 1.29 is 25.1 Å². The fourth-order valence-electron chi connectivity index (χ4n) is 5.90. The molecule has 0 saturated carbocycles. The van der Waals surface area contributed by atoms with E-state index in [0.29, 0.717) is 4.22 Å². The second-order valence-electron chi connectivity index (χ2n) is 9.43. The summed E-state index contributed by atoms with van der Waals surface area (Å²) in [4.78, 5) is 13.3. The summed E-state index contributed by atoms with van der Waals surface area (Å²) in [5.41, 5.74) is 7.48. The van der Waals surface area contributed by atoms with Crippen LogP contribution in [0, 0.1) is 0 Å². The molecule has 150 valence electrons. The number of allylic oxidation sites excluding steroid dienone is 4. The van der Waals surface area contributed by atoms with Crippen molar-refractivity contribution in [3.63, 3.8) is 0 Å². The summed E-state index contributed by atoms with van der Waals surface area (Å²) < 4.78 is 6.95. The fraction of sp³-hybridized carbons (Fsp3) is 0.423. The zero-order chi connectivity index (χ0) is 20.0. The zero-order valence-corrected chi connectivity index (χ0v) is 19.2. The van der Waals surface area contributed by atoms with Gasteiger partial charge >= 0.3 is 178 Å². The van der Waals surface area contributed by atoms with Crippen LogP contribution in [0.3, 0.4) is 0 Å². The van der Waals surface area contributed by atoms with Crippen molar-refractivity contribution in [2.45, 2.75) is 66.0 Å². The molecule has 0 saturated heterocycles. The number of hydrogen-bond acceptors (Lipinski definition) is 2. The van der Waals surface area contributed by atoms with E-state index in [9.17, 15) is 4.79 Å². The van der Waals surface area contributed by atoms with Crippen molar-refractivity contribution in [3.05, 3.63) is 70.3 Å².